The summed E-state index contributed by atoms with van der Waals surface area (Å²) in [4.78, 5) is 13.1. The minimum Gasteiger partial charge on any atom is -0.503 e. The smallest absolute Gasteiger partial charge is 0.290 e. The molecule has 0 radical (unpaired) electrons. The van der Waals surface area contributed by atoms with E-state index in [2.05, 4.69) is 20.9 Å². The number of H-pyrrole nitrogens is 1. The molecule has 1 rings (SSSR count). The molecule has 0 aromatic carbocycles. The van der Waals surface area contributed by atoms with Crippen molar-refractivity contribution in [1.29, 1.82) is 0 Å². The summed E-state index contributed by atoms with van der Waals surface area (Å²) in [5, 5.41) is 9.75. The average Bonchev–Trinajstić information content (AvgIpc) is 2.07. The van der Waals surface area contributed by atoms with Crippen LogP contribution in [0.1, 0.15) is 5.56 Å². The number of pyridine rings is 1. The zero-order valence-corrected chi connectivity index (χ0v) is 7.84. The molecular weight excluding hydrogens is 222 g/mol. The first-order valence-electron chi connectivity index (χ1n) is 3.38. The van der Waals surface area contributed by atoms with Crippen LogP contribution in [0.3, 0.4) is 0 Å². The van der Waals surface area contributed by atoms with Crippen molar-refractivity contribution in [2.75, 3.05) is 5.33 Å². The zero-order valence-electron chi connectivity index (χ0n) is 6.25. The van der Waals surface area contributed by atoms with Gasteiger partial charge in [-0.15, -0.1) is 0 Å². The lowest BCUT2D eigenvalue weighted by Gasteiger charge is -1.92. The summed E-state index contributed by atoms with van der Waals surface area (Å²) in [5.41, 5.74) is 0.303. The fourth-order valence-corrected chi connectivity index (χ4v) is 0.952. The van der Waals surface area contributed by atoms with Crippen molar-refractivity contribution < 1.29 is 5.11 Å². The first kappa shape index (κ1) is 9.06. The number of aromatic nitrogens is 1. The molecule has 3 nitrogen and oxygen atoms in total. The Labute approximate surface area is 77.9 Å². The van der Waals surface area contributed by atoms with Crippen molar-refractivity contribution in [2.45, 2.75) is 0 Å². The largest absolute Gasteiger partial charge is 0.503 e. The molecule has 0 saturated carbocycles. The van der Waals surface area contributed by atoms with Gasteiger partial charge in [0.1, 0.15) is 0 Å². The lowest BCUT2D eigenvalue weighted by Crippen LogP contribution is -2.03. The third kappa shape index (κ3) is 2.23. The summed E-state index contributed by atoms with van der Waals surface area (Å²) in [7, 11) is 0. The van der Waals surface area contributed by atoms with Crippen molar-refractivity contribution in [3.8, 4) is 5.75 Å². The van der Waals surface area contributed by atoms with Gasteiger partial charge in [0.05, 0.1) is 0 Å². The number of nitrogens with one attached hydrogen (secondary N) is 1. The maximum Gasteiger partial charge on any atom is 0.290 e. The average molecular weight is 230 g/mol. The van der Waals surface area contributed by atoms with Crippen molar-refractivity contribution in [3.63, 3.8) is 0 Å². The third-order valence-corrected chi connectivity index (χ3v) is 1.68. The second-order valence-electron chi connectivity index (χ2n) is 2.20. The van der Waals surface area contributed by atoms with E-state index in [1.54, 1.807) is 12.3 Å². The van der Waals surface area contributed by atoms with Gasteiger partial charge in [-0.05, 0) is 11.6 Å². The van der Waals surface area contributed by atoms with E-state index in [9.17, 15) is 4.79 Å². The van der Waals surface area contributed by atoms with Crippen LogP contribution in [0.4, 0.5) is 0 Å². The summed E-state index contributed by atoms with van der Waals surface area (Å²) in [6.07, 6.45) is 5.21. The molecule has 0 saturated heterocycles. The highest BCUT2D eigenvalue weighted by Gasteiger charge is 1.94. The number of alkyl halides is 1. The number of hydrogen-bond acceptors (Lipinski definition) is 2. The van der Waals surface area contributed by atoms with E-state index in [1.807, 2.05) is 6.08 Å². The predicted octanol–water partition coefficient (Wildman–Crippen LogP) is 1.49. The van der Waals surface area contributed by atoms with Gasteiger partial charge in [-0.3, -0.25) is 4.79 Å². The van der Waals surface area contributed by atoms with E-state index in [4.69, 9.17) is 5.11 Å². The summed E-state index contributed by atoms with van der Waals surface area (Å²) < 4.78 is 0. The predicted molar refractivity (Wildman–Crippen MR) is 51.6 cm³/mol. The molecule has 0 spiro atoms. The van der Waals surface area contributed by atoms with Crippen LogP contribution >= 0.6 is 15.9 Å². The van der Waals surface area contributed by atoms with Gasteiger partial charge >= 0.3 is 0 Å². The molecular formula is C8H8BrNO2. The van der Waals surface area contributed by atoms with E-state index in [-0.39, 0.29) is 5.75 Å². The Bertz CT molecular complexity index is 343. The van der Waals surface area contributed by atoms with E-state index in [0.29, 0.717) is 0 Å². The highest BCUT2D eigenvalue weighted by Crippen LogP contribution is 2.05. The van der Waals surface area contributed by atoms with Crippen molar-refractivity contribution in [1.82, 2.24) is 4.98 Å². The Morgan fingerprint density at radius 3 is 3.00 bits per heavy atom. The summed E-state index contributed by atoms with van der Waals surface area (Å²) in [6, 6.07) is 1.41. The number of halogens is 1. The van der Waals surface area contributed by atoms with Crippen LogP contribution < -0.4 is 5.56 Å². The van der Waals surface area contributed by atoms with E-state index >= 15 is 0 Å². The summed E-state index contributed by atoms with van der Waals surface area (Å²) in [5.74, 6) is -0.258. The Hall–Kier alpha value is -1.03. The van der Waals surface area contributed by atoms with Crippen LogP contribution in [0.5, 0.6) is 5.75 Å². The van der Waals surface area contributed by atoms with Gasteiger partial charge in [0.25, 0.3) is 5.56 Å². The maximum absolute atomic E-state index is 10.7. The fraction of sp³-hybridized carbons (Fsp3) is 0.125. The third-order valence-electron chi connectivity index (χ3n) is 1.31. The Kier molecular flexibility index (Phi) is 3.10. The van der Waals surface area contributed by atoms with Crippen molar-refractivity contribution in [2.24, 2.45) is 0 Å². The molecule has 2 N–H and O–H groups in total. The molecule has 0 aliphatic rings. The molecule has 0 unspecified atom stereocenters. The lowest BCUT2D eigenvalue weighted by molar-refractivity contribution is 0.466. The maximum atomic E-state index is 10.7. The number of allylic oxidation sites excluding steroid dienone is 1. The number of aromatic hydroxyl groups is 1. The monoisotopic (exact) mass is 229 g/mol. The first-order chi connectivity index (χ1) is 5.74. The molecule has 1 aromatic rings. The SMILES string of the molecule is O=c1[nH]cc(C=CCBr)cc1O. The van der Waals surface area contributed by atoms with Gasteiger partial charge < -0.3 is 10.1 Å². The second kappa shape index (κ2) is 4.11. The van der Waals surface area contributed by atoms with Crippen LogP contribution in [0.2, 0.25) is 0 Å². The standard InChI is InChI=1S/C8H8BrNO2/c9-3-1-2-6-4-7(11)8(12)10-5-6/h1-2,4-5,11H,3H2,(H,10,12). The van der Waals surface area contributed by atoms with Gasteiger partial charge in [-0.25, -0.2) is 0 Å². The minimum atomic E-state index is -0.467. The van der Waals surface area contributed by atoms with Crippen LogP contribution in [0.15, 0.2) is 23.1 Å². The highest BCUT2D eigenvalue weighted by atomic mass is 79.9. The Morgan fingerprint density at radius 1 is 1.67 bits per heavy atom. The van der Waals surface area contributed by atoms with Crippen molar-refractivity contribution >= 4 is 22.0 Å². The Balaban J connectivity index is 2.97. The molecule has 0 aliphatic heterocycles. The summed E-state index contributed by atoms with van der Waals surface area (Å²) >= 11 is 3.22. The van der Waals surface area contributed by atoms with Gasteiger partial charge in [-0.2, -0.15) is 0 Å². The molecule has 0 atom stereocenters. The second-order valence-corrected chi connectivity index (χ2v) is 2.85. The molecule has 0 fully saturated rings. The van der Waals surface area contributed by atoms with E-state index in [1.165, 1.54) is 6.07 Å². The van der Waals surface area contributed by atoms with Crippen LogP contribution in [0, 0.1) is 0 Å². The number of rotatable bonds is 2. The molecule has 12 heavy (non-hydrogen) atoms. The molecule has 1 heterocycles. The van der Waals surface area contributed by atoms with Gasteiger partial charge in [0.15, 0.2) is 5.75 Å². The molecule has 0 aliphatic carbocycles. The van der Waals surface area contributed by atoms with E-state index < -0.39 is 5.56 Å². The molecule has 4 heteroatoms. The first-order valence-corrected chi connectivity index (χ1v) is 4.50. The molecule has 64 valence electrons. The van der Waals surface area contributed by atoms with Crippen molar-refractivity contribution in [3.05, 3.63) is 34.3 Å². The van der Waals surface area contributed by atoms with Gasteiger partial charge in [-0.1, -0.05) is 28.1 Å². The lowest BCUT2D eigenvalue weighted by atomic mass is 10.2. The van der Waals surface area contributed by atoms with Gasteiger partial charge in [0.2, 0.25) is 0 Å². The van der Waals surface area contributed by atoms with Crippen LogP contribution in [0.25, 0.3) is 6.08 Å². The fourth-order valence-electron chi connectivity index (χ4n) is 0.765. The summed E-state index contributed by atoms with van der Waals surface area (Å²) in [6.45, 7) is 0. The molecule has 0 bridgehead atoms. The quantitative estimate of drug-likeness (QED) is 0.756. The number of hydrogen-bond donors (Lipinski definition) is 2. The number of aromatic amines is 1. The minimum absolute atomic E-state index is 0.258. The highest BCUT2D eigenvalue weighted by molar-refractivity contribution is 9.09. The van der Waals surface area contributed by atoms with E-state index in [0.717, 1.165) is 10.9 Å². The van der Waals surface area contributed by atoms with Gasteiger partial charge in [0, 0.05) is 11.5 Å². The normalized spacial score (nSPS) is 10.8. The van der Waals surface area contributed by atoms with Crippen LogP contribution in [-0.4, -0.2) is 15.4 Å². The van der Waals surface area contributed by atoms with Crippen LogP contribution in [-0.2, 0) is 0 Å². The zero-order chi connectivity index (χ0) is 8.97. The molecule has 0 amide bonds. The molecule has 1 aromatic heterocycles. The Morgan fingerprint density at radius 2 is 2.42 bits per heavy atom. The topological polar surface area (TPSA) is 53.1 Å².